The van der Waals surface area contributed by atoms with Crippen LogP contribution in [0.3, 0.4) is 0 Å². The number of unbranched alkanes of at least 4 members (excludes halogenated alkanes) is 3. The highest BCUT2D eigenvalue weighted by atomic mass is 16.5. The van der Waals surface area contributed by atoms with Gasteiger partial charge in [-0.25, -0.2) is 0 Å². The van der Waals surface area contributed by atoms with Gasteiger partial charge in [0.2, 0.25) is 0 Å². The molecular formula is C28H34O. The van der Waals surface area contributed by atoms with E-state index in [0.717, 1.165) is 24.2 Å². The van der Waals surface area contributed by atoms with E-state index >= 15 is 0 Å². The third kappa shape index (κ3) is 6.82. The fraction of sp³-hybridized carbons (Fsp3) is 0.429. The summed E-state index contributed by atoms with van der Waals surface area (Å²) in [6, 6.07) is 17.4. The van der Waals surface area contributed by atoms with Gasteiger partial charge in [-0.15, -0.1) is 0 Å². The normalized spacial score (nSPS) is 15.9. The second kappa shape index (κ2) is 11.5. The molecule has 29 heavy (non-hydrogen) atoms. The van der Waals surface area contributed by atoms with Crippen molar-refractivity contribution in [2.45, 2.75) is 71.1 Å². The van der Waals surface area contributed by atoms with Crippen molar-refractivity contribution in [1.82, 2.24) is 0 Å². The number of allylic oxidation sites excluding steroid dienone is 2. The van der Waals surface area contributed by atoms with Gasteiger partial charge in [0.05, 0.1) is 6.61 Å². The van der Waals surface area contributed by atoms with E-state index in [4.69, 9.17) is 4.74 Å². The Morgan fingerprint density at radius 2 is 1.69 bits per heavy atom. The van der Waals surface area contributed by atoms with Crippen molar-refractivity contribution < 1.29 is 4.74 Å². The van der Waals surface area contributed by atoms with Crippen LogP contribution < -0.4 is 4.74 Å². The zero-order valence-corrected chi connectivity index (χ0v) is 18.0. The molecule has 0 aromatic heterocycles. The number of benzene rings is 2. The molecule has 152 valence electrons. The van der Waals surface area contributed by atoms with Crippen molar-refractivity contribution >= 4 is 0 Å². The third-order valence-corrected chi connectivity index (χ3v) is 5.71. The van der Waals surface area contributed by atoms with Gasteiger partial charge in [-0.3, -0.25) is 0 Å². The van der Waals surface area contributed by atoms with Crippen molar-refractivity contribution in [3.8, 4) is 17.6 Å². The molecule has 2 aromatic carbocycles. The molecule has 0 saturated heterocycles. The Morgan fingerprint density at radius 1 is 0.897 bits per heavy atom. The molecular weight excluding hydrogens is 352 g/mol. The molecule has 1 heteroatoms. The maximum atomic E-state index is 5.49. The summed E-state index contributed by atoms with van der Waals surface area (Å²) in [5.41, 5.74) is 5.30. The molecule has 2 aromatic rings. The molecule has 1 nitrogen and oxygen atoms in total. The molecule has 1 unspecified atom stereocenters. The Bertz CT molecular complexity index is 831. The average molecular weight is 387 g/mol. The minimum atomic E-state index is 0.639. The molecule has 1 aliphatic rings. The van der Waals surface area contributed by atoms with Gasteiger partial charge in [0, 0.05) is 5.56 Å². The maximum absolute atomic E-state index is 5.49. The number of hydrogen-bond acceptors (Lipinski definition) is 1. The summed E-state index contributed by atoms with van der Waals surface area (Å²) in [4.78, 5) is 0. The highest BCUT2D eigenvalue weighted by molar-refractivity contribution is 5.43. The Hall–Kier alpha value is -2.46. The monoisotopic (exact) mass is 386 g/mol. The van der Waals surface area contributed by atoms with Crippen LogP contribution in [0.4, 0.5) is 0 Å². The molecule has 1 atom stereocenters. The third-order valence-electron chi connectivity index (χ3n) is 5.71. The second-order valence-electron chi connectivity index (χ2n) is 7.96. The highest BCUT2D eigenvalue weighted by Crippen LogP contribution is 2.32. The second-order valence-corrected chi connectivity index (χ2v) is 7.96. The van der Waals surface area contributed by atoms with Crippen molar-refractivity contribution in [2.24, 2.45) is 0 Å². The minimum absolute atomic E-state index is 0.639. The van der Waals surface area contributed by atoms with Gasteiger partial charge < -0.3 is 4.74 Å². The van der Waals surface area contributed by atoms with E-state index in [1.165, 1.54) is 55.2 Å². The van der Waals surface area contributed by atoms with Gasteiger partial charge in [-0.05, 0) is 85.9 Å². The Balaban J connectivity index is 1.51. The summed E-state index contributed by atoms with van der Waals surface area (Å²) in [7, 11) is 0. The first-order valence-electron chi connectivity index (χ1n) is 11.3. The van der Waals surface area contributed by atoms with Crippen molar-refractivity contribution in [3.63, 3.8) is 0 Å². The van der Waals surface area contributed by atoms with Gasteiger partial charge in [-0.2, -0.15) is 0 Å². The number of hydrogen-bond donors (Lipinski definition) is 0. The lowest BCUT2D eigenvalue weighted by atomic mass is 9.84. The van der Waals surface area contributed by atoms with Crippen LogP contribution in [0.25, 0.3) is 0 Å². The molecule has 3 rings (SSSR count). The first-order valence-corrected chi connectivity index (χ1v) is 11.3. The first-order chi connectivity index (χ1) is 14.3. The van der Waals surface area contributed by atoms with Crippen LogP contribution in [-0.4, -0.2) is 6.61 Å². The zero-order valence-electron chi connectivity index (χ0n) is 18.0. The summed E-state index contributed by atoms with van der Waals surface area (Å²) in [5.74, 6) is 8.22. The minimum Gasteiger partial charge on any atom is -0.494 e. The Morgan fingerprint density at radius 3 is 2.34 bits per heavy atom. The predicted molar refractivity (Wildman–Crippen MR) is 123 cm³/mol. The van der Waals surface area contributed by atoms with Crippen LogP contribution >= 0.6 is 0 Å². The molecule has 0 heterocycles. The van der Waals surface area contributed by atoms with Gasteiger partial charge in [0.25, 0.3) is 0 Å². The van der Waals surface area contributed by atoms with Crippen LogP contribution in [0.5, 0.6) is 5.75 Å². The molecule has 0 spiro atoms. The lowest BCUT2D eigenvalue weighted by molar-refractivity contribution is 0.340. The number of aryl methyl sites for hydroxylation is 1. The SMILES string of the molecule is CCCCCCc1ccc(C2CC=C(C#Cc3ccc(OCC)cc3)CC2)cc1. The molecule has 0 aliphatic heterocycles. The van der Waals surface area contributed by atoms with Crippen molar-refractivity contribution in [1.29, 1.82) is 0 Å². The molecule has 1 aliphatic carbocycles. The molecule has 0 radical (unpaired) electrons. The summed E-state index contributed by atoms with van der Waals surface area (Å²) in [6.45, 7) is 4.96. The van der Waals surface area contributed by atoms with E-state index in [9.17, 15) is 0 Å². The lowest BCUT2D eigenvalue weighted by Crippen LogP contribution is -2.04. The van der Waals surface area contributed by atoms with Crippen LogP contribution in [0.1, 0.15) is 81.4 Å². The lowest BCUT2D eigenvalue weighted by Gasteiger charge is -2.20. The van der Waals surface area contributed by atoms with Gasteiger partial charge in [-0.1, -0.05) is 68.4 Å². The summed E-state index contributed by atoms with van der Waals surface area (Å²) in [5, 5.41) is 0. The van der Waals surface area contributed by atoms with Gasteiger partial charge in [0.15, 0.2) is 0 Å². The summed E-state index contributed by atoms with van der Waals surface area (Å²) in [6.07, 6.45) is 12.3. The van der Waals surface area contributed by atoms with E-state index in [1.807, 2.05) is 31.2 Å². The van der Waals surface area contributed by atoms with E-state index in [0.29, 0.717) is 12.5 Å². The largest absolute Gasteiger partial charge is 0.494 e. The fourth-order valence-corrected chi connectivity index (χ4v) is 3.92. The molecule has 0 bridgehead atoms. The van der Waals surface area contributed by atoms with Crippen LogP contribution in [0.15, 0.2) is 60.2 Å². The molecule has 0 amide bonds. The van der Waals surface area contributed by atoms with E-state index in [2.05, 4.69) is 49.1 Å². The maximum Gasteiger partial charge on any atom is 0.119 e. The quantitative estimate of drug-likeness (QED) is 0.338. The molecule has 0 saturated carbocycles. The Kier molecular flexibility index (Phi) is 8.44. The number of ether oxygens (including phenoxy) is 1. The fourth-order valence-electron chi connectivity index (χ4n) is 3.92. The van der Waals surface area contributed by atoms with Crippen LogP contribution in [0.2, 0.25) is 0 Å². The smallest absolute Gasteiger partial charge is 0.119 e. The summed E-state index contributed by atoms with van der Waals surface area (Å²) >= 11 is 0. The van der Waals surface area contributed by atoms with E-state index < -0.39 is 0 Å². The van der Waals surface area contributed by atoms with Crippen molar-refractivity contribution in [2.75, 3.05) is 6.61 Å². The van der Waals surface area contributed by atoms with E-state index in [-0.39, 0.29) is 0 Å². The summed E-state index contributed by atoms with van der Waals surface area (Å²) < 4.78 is 5.49. The van der Waals surface area contributed by atoms with Crippen LogP contribution in [-0.2, 0) is 6.42 Å². The van der Waals surface area contributed by atoms with E-state index in [1.54, 1.807) is 0 Å². The van der Waals surface area contributed by atoms with Crippen molar-refractivity contribution in [3.05, 3.63) is 76.9 Å². The highest BCUT2D eigenvalue weighted by Gasteiger charge is 2.15. The predicted octanol–water partition coefficient (Wildman–Crippen LogP) is 7.45. The van der Waals surface area contributed by atoms with Crippen LogP contribution in [0, 0.1) is 11.8 Å². The number of rotatable bonds is 8. The first kappa shape index (κ1) is 21.3. The topological polar surface area (TPSA) is 9.23 Å². The zero-order chi connectivity index (χ0) is 20.3. The standard InChI is InChI=1S/C28H34O/c1-3-5-6-7-8-23-11-17-26(18-12-23)27-19-13-24(14-20-27)9-10-25-15-21-28(22-16-25)29-4-2/h11-13,15-18,21-22,27H,3-8,14,19-20H2,1-2H3. The Labute approximate surface area is 177 Å². The van der Waals surface area contributed by atoms with Gasteiger partial charge >= 0.3 is 0 Å². The molecule has 0 N–H and O–H groups in total. The average Bonchev–Trinajstić information content (AvgIpc) is 2.77. The molecule has 0 fully saturated rings. The van der Waals surface area contributed by atoms with Gasteiger partial charge in [0.1, 0.15) is 5.75 Å².